The molecule has 7 nitrogen and oxygen atoms in total. The molecule has 138 valence electrons. The smallest absolute Gasteiger partial charge is 0.203 e. The molecular formula is C19H23N3O4. The lowest BCUT2D eigenvalue weighted by Gasteiger charge is -2.14. The van der Waals surface area contributed by atoms with Crippen molar-refractivity contribution in [3.8, 4) is 28.7 Å². The normalized spacial score (nSPS) is 10.8. The first-order valence-corrected chi connectivity index (χ1v) is 8.25. The summed E-state index contributed by atoms with van der Waals surface area (Å²) in [6.45, 7) is 3.20. The fourth-order valence-corrected chi connectivity index (χ4v) is 2.81. The topological polar surface area (TPSA) is 81.5 Å². The van der Waals surface area contributed by atoms with Crippen molar-refractivity contribution in [3.05, 3.63) is 47.3 Å². The number of hydrogen-bond acceptors (Lipinski definition) is 6. The minimum absolute atomic E-state index is 0.587. The van der Waals surface area contributed by atoms with Crippen LogP contribution >= 0.6 is 0 Å². The number of aryl methyl sites for hydroxylation is 1. The van der Waals surface area contributed by atoms with Crippen molar-refractivity contribution in [2.24, 2.45) is 0 Å². The molecule has 3 rings (SSSR count). The van der Waals surface area contributed by atoms with Crippen LogP contribution in [0, 0.1) is 6.92 Å². The van der Waals surface area contributed by atoms with Gasteiger partial charge in [-0.1, -0.05) is 0 Å². The summed E-state index contributed by atoms with van der Waals surface area (Å²) in [5.41, 5.74) is 2.95. The molecule has 0 radical (unpaired) electrons. The van der Waals surface area contributed by atoms with E-state index >= 15 is 0 Å². The number of methoxy groups -OCH3 is 3. The minimum atomic E-state index is 0.587. The zero-order valence-corrected chi connectivity index (χ0v) is 15.4. The van der Waals surface area contributed by atoms with Gasteiger partial charge in [0.25, 0.3) is 0 Å². The van der Waals surface area contributed by atoms with Crippen LogP contribution in [0.25, 0.3) is 11.5 Å². The third kappa shape index (κ3) is 3.67. The highest BCUT2D eigenvalue weighted by atomic mass is 16.5. The summed E-state index contributed by atoms with van der Waals surface area (Å²) in [6, 6.07) is 7.73. The Kier molecular flexibility index (Phi) is 5.48. The zero-order valence-electron chi connectivity index (χ0n) is 15.4. The van der Waals surface area contributed by atoms with Gasteiger partial charge >= 0.3 is 0 Å². The summed E-state index contributed by atoms with van der Waals surface area (Å²) < 4.78 is 21.8. The number of rotatable bonds is 8. The Balaban J connectivity index is 1.70. The quantitative estimate of drug-likeness (QED) is 0.644. The van der Waals surface area contributed by atoms with Gasteiger partial charge in [-0.2, -0.15) is 5.10 Å². The van der Waals surface area contributed by atoms with Gasteiger partial charge in [-0.15, -0.1) is 0 Å². The summed E-state index contributed by atoms with van der Waals surface area (Å²) >= 11 is 0. The van der Waals surface area contributed by atoms with Crippen molar-refractivity contribution in [3.63, 3.8) is 0 Å². The number of aromatic amines is 1. The molecule has 0 aliphatic carbocycles. The maximum Gasteiger partial charge on any atom is 0.203 e. The largest absolute Gasteiger partial charge is 0.493 e. The Hall–Kier alpha value is -2.93. The number of ether oxygens (including phenoxy) is 3. The molecular weight excluding hydrogens is 334 g/mol. The molecule has 0 saturated carbocycles. The Morgan fingerprint density at radius 2 is 1.77 bits per heavy atom. The maximum absolute atomic E-state index is 5.67. The second-order valence-corrected chi connectivity index (χ2v) is 5.82. The number of aromatic nitrogens is 2. The number of nitrogens with one attached hydrogen (secondary N) is 2. The van der Waals surface area contributed by atoms with E-state index in [1.807, 2.05) is 31.2 Å². The van der Waals surface area contributed by atoms with Crippen molar-refractivity contribution in [2.45, 2.75) is 20.0 Å². The van der Waals surface area contributed by atoms with Crippen LogP contribution in [0.15, 0.2) is 34.9 Å². The number of nitrogens with zero attached hydrogens (tertiary/aromatic N) is 1. The SMILES string of the molecule is COc1cc(CNCc2cn[nH]c2-c2ccc(C)o2)cc(OC)c1OC. The summed E-state index contributed by atoms with van der Waals surface area (Å²) in [4.78, 5) is 0. The zero-order chi connectivity index (χ0) is 18.5. The van der Waals surface area contributed by atoms with E-state index in [2.05, 4.69) is 15.5 Å². The monoisotopic (exact) mass is 357 g/mol. The third-order valence-corrected chi connectivity index (χ3v) is 4.07. The van der Waals surface area contributed by atoms with Gasteiger partial charge in [0.2, 0.25) is 5.75 Å². The Morgan fingerprint density at radius 1 is 1.04 bits per heavy atom. The molecule has 1 aromatic carbocycles. The van der Waals surface area contributed by atoms with Crippen LogP contribution < -0.4 is 19.5 Å². The van der Waals surface area contributed by atoms with E-state index in [4.69, 9.17) is 18.6 Å². The fraction of sp³-hybridized carbons (Fsp3) is 0.316. The van der Waals surface area contributed by atoms with Gasteiger partial charge in [-0.25, -0.2) is 0 Å². The molecule has 2 heterocycles. The molecule has 0 saturated heterocycles. The van der Waals surface area contributed by atoms with Gasteiger partial charge in [-0.05, 0) is 36.8 Å². The summed E-state index contributed by atoms with van der Waals surface area (Å²) in [6.07, 6.45) is 1.80. The first-order valence-electron chi connectivity index (χ1n) is 8.25. The lowest BCUT2D eigenvalue weighted by molar-refractivity contribution is 0.323. The maximum atomic E-state index is 5.67. The molecule has 0 aliphatic rings. The van der Waals surface area contributed by atoms with Crippen molar-refractivity contribution < 1.29 is 18.6 Å². The Morgan fingerprint density at radius 3 is 2.35 bits per heavy atom. The van der Waals surface area contributed by atoms with Gasteiger partial charge in [0.05, 0.1) is 27.5 Å². The highest BCUT2D eigenvalue weighted by molar-refractivity contribution is 5.57. The summed E-state index contributed by atoms with van der Waals surface area (Å²) in [5.74, 6) is 3.51. The van der Waals surface area contributed by atoms with Crippen LogP contribution in [0.2, 0.25) is 0 Å². The van der Waals surface area contributed by atoms with Gasteiger partial charge in [0, 0.05) is 18.7 Å². The van der Waals surface area contributed by atoms with Crippen LogP contribution in [0.5, 0.6) is 17.2 Å². The molecule has 2 N–H and O–H groups in total. The van der Waals surface area contributed by atoms with Crippen molar-refractivity contribution in [1.29, 1.82) is 0 Å². The van der Waals surface area contributed by atoms with E-state index in [0.717, 1.165) is 28.3 Å². The second-order valence-electron chi connectivity index (χ2n) is 5.82. The van der Waals surface area contributed by atoms with Crippen molar-refractivity contribution >= 4 is 0 Å². The standard InChI is InChI=1S/C19H23N3O4/c1-12-5-6-15(26-12)18-14(11-21-22-18)10-20-9-13-7-16(23-2)19(25-4)17(8-13)24-3/h5-8,11,20H,9-10H2,1-4H3,(H,21,22). The first kappa shape index (κ1) is 17.9. The lowest BCUT2D eigenvalue weighted by Crippen LogP contribution is -2.13. The molecule has 0 spiro atoms. The molecule has 0 atom stereocenters. The van der Waals surface area contributed by atoms with E-state index in [0.29, 0.717) is 30.3 Å². The number of hydrogen-bond donors (Lipinski definition) is 2. The van der Waals surface area contributed by atoms with Crippen LogP contribution in [0.1, 0.15) is 16.9 Å². The lowest BCUT2D eigenvalue weighted by atomic mass is 10.1. The third-order valence-electron chi connectivity index (χ3n) is 4.07. The fourth-order valence-electron chi connectivity index (χ4n) is 2.81. The summed E-state index contributed by atoms with van der Waals surface area (Å²) in [7, 11) is 4.81. The van der Waals surface area contributed by atoms with Crippen molar-refractivity contribution in [2.75, 3.05) is 21.3 Å². The molecule has 0 amide bonds. The van der Waals surface area contributed by atoms with Crippen molar-refractivity contribution in [1.82, 2.24) is 15.5 Å². The van der Waals surface area contributed by atoms with Crippen LogP contribution in [0.3, 0.4) is 0 Å². The Bertz CT molecular complexity index is 844. The molecule has 7 heteroatoms. The van der Waals surface area contributed by atoms with E-state index in [1.54, 1.807) is 27.5 Å². The second kappa shape index (κ2) is 7.97. The van der Waals surface area contributed by atoms with E-state index in [-0.39, 0.29) is 0 Å². The number of benzene rings is 1. The molecule has 2 aromatic heterocycles. The average Bonchev–Trinajstić information content (AvgIpc) is 3.29. The van der Waals surface area contributed by atoms with Crippen LogP contribution in [0.4, 0.5) is 0 Å². The summed E-state index contributed by atoms with van der Waals surface area (Å²) in [5, 5.41) is 10.5. The predicted molar refractivity (Wildman–Crippen MR) is 97.7 cm³/mol. The highest BCUT2D eigenvalue weighted by Gasteiger charge is 2.14. The molecule has 0 unspecified atom stereocenters. The molecule has 3 aromatic rings. The van der Waals surface area contributed by atoms with Gasteiger partial charge in [0.1, 0.15) is 11.5 Å². The minimum Gasteiger partial charge on any atom is -0.493 e. The Labute approximate surface area is 152 Å². The van der Waals surface area contributed by atoms with Gasteiger partial charge in [0.15, 0.2) is 17.3 Å². The predicted octanol–water partition coefficient (Wildman–Crippen LogP) is 3.29. The average molecular weight is 357 g/mol. The van der Waals surface area contributed by atoms with E-state index in [9.17, 15) is 0 Å². The van der Waals surface area contributed by atoms with E-state index in [1.165, 1.54) is 0 Å². The number of H-pyrrole nitrogens is 1. The van der Waals surface area contributed by atoms with Gasteiger partial charge < -0.3 is 23.9 Å². The number of furan rings is 1. The van der Waals surface area contributed by atoms with E-state index < -0.39 is 0 Å². The molecule has 0 aliphatic heterocycles. The molecule has 0 bridgehead atoms. The van der Waals surface area contributed by atoms with Crippen LogP contribution in [-0.4, -0.2) is 31.5 Å². The van der Waals surface area contributed by atoms with Crippen LogP contribution in [-0.2, 0) is 13.1 Å². The van der Waals surface area contributed by atoms with Gasteiger partial charge in [-0.3, -0.25) is 5.10 Å². The molecule has 26 heavy (non-hydrogen) atoms. The molecule has 0 fully saturated rings. The first-order chi connectivity index (χ1) is 12.7. The highest BCUT2D eigenvalue weighted by Crippen LogP contribution is 2.38.